The Labute approximate surface area is 107 Å². The lowest BCUT2D eigenvalue weighted by molar-refractivity contribution is 0.567. The van der Waals surface area contributed by atoms with Crippen LogP contribution in [-0.4, -0.2) is 32.6 Å². The van der Waals surface area contributed by atoms with E-state index in [1.165, 1.54) is 19.3 Å². The zero-order chi connectivity index (χ0) is 12.5. The van der Waals surface area contributed by atoms with Gasteiger partial charge in [-0.25, -0.2) is 9.97 Å². The van der Waals surface area contributed by atoms with Crippen molar-refractivity contribution in [3.8, 4) is 0 Å². The minimum atomic E-state index is 0.374. The first-order valence-electron chi connectivity index (χ1n) is 6.70. The van der Waals surface area contributed by atoms with E-state index in [4.69, 9.17) is 4.98 Å². The molecule has 5 heteroatoms. The first-order valence-corrected chi connectivity index (χ1v) is 6.70. The van der Waals surface area contributed by atoms with E-state index in [1.54, 1.807) is 0 Å². The molecule has 18 heavy (non-hydrogen) atoms. The predicted molar refractivity (Wildman–Crippen MR) is 71.8 cm³/mol. The molecular formula is C13H19N5. The molecule has 0 saturated carbocycles. The zero-order valence-corrected chi connectivity index (χ0v) is 11.0. The second-order valence-electron chi connectivity index (χ2n) is 5.17. The Morgan fingerprint density at radius 1 is 1.11 bits per heavy atom. The van der Waals surface area contributed by atoms with Gasteiger partial charge in [0.05, 0.1) is 12.5 Å². The maximum absolute atomic E-state index is 4.70. The molecule has 0 spiro atoms. The highest BCUT2D eigenvalue weighted by Crippen LogP contribution is 2.20. The highest BCUT2D eigenvalue weighted by atomic mass is 15.3. The average Bonchev–Trinajstić information content (AvgIpc) is 2.82. The summed E-state index contributed by atoms with van der Waals surface area (Å²) in [5, 5.41) is 0. The van der Waals surface area contributed by atoms with Crippen molar-refractivity contribution < 1.29 is 0 Å². The van der Waals surface area contributed by atoms with Crippen LogP contribution >= 0.6 is 0 Å². The molecule has 0 unspecified atom stereocenters. The lowest BCUT2D eigenvalue weighted by Gasteiger charge is -2.26. The Balaban J connectivity index is 2.00. The monoisotopic (exact) mass is 245 g/mol. The number of rotatable bonds is 2. The molecule has 0 radical (unpaired) electrons. The van der Waals surface area contributed by atoms with Crippen molar-refractivity contribution >= 4 is 17.1 Å². The summed E-state index contributed by atoms with van der Waals surface area (Å²) in [7, 11) is 0. The van der Waals surface area contributed by atoms with Gasteiger partial charge < -0.3 is 9.47 Å². The number of hydrogen-bond acceptors (Lipinski definition) is 4. The maximum Gasteiger partial charge on any atom is 0.227 e. The van der Waals surface area contributed by atoms with Gasteiger partial charge in [-0.05, 0) is 33.1 Å². The Kier molecular flexibility index (Phi) is 2.89. The van der Waals surface area contributed by atoms with E-state index in [0.717, 1.165) is 30.2 Å². The molecule has 96 valence electrons. The highest BCUT2D eigenvalue weighted by Gasteiger charge is 2.15. The van der Waals surface area contributed by atoms with Crippen molar-refractivity contribution in [1.82, 2.24) is 19.5 Å². The molecule has 2 aromatic heterocycles. The van der Waals surface area contributed by atoms with Crippen LogP contribution in [0.2, 0.25) is 0 Å². The number of piperidine rings is 1. The lowest BCUT2D eigenvalue weighted by atomic mass is 10.1. The van der Waals surface area contributed by atoms with Gasteiger partial charge in [-0.15, -0.1) is 0 Å². The van der Waals surface area contributed by atoms with Gasteiger partial charge in [0.25, 0.3) is 0 Å². The fraction of sp³-hybridized carbons (Fsp3) is 0.615. The summed E-state index contributed by atoms with van der Waals surface area (Å²) in [5.74, 6) is 0.851. The molecule has 0 aromatic carbocycles. The fourth-order valence-electron chi connectivity index (χ4n) is 2.44. The van der Waals surface area contributed by atoms with E-state index in [-0.39, 0.29) is 0 Å². The average molecular weight is 245 g/mol. The summed E-state index contributed by atoms with van der Waals surface area (Å²) in [6, 6.07) is 0.374. The van der Waals surface area contributed by atoms with E-state index in [2.05, 4.69) is 33.3 Å². The van der Waals surface area contributed by atoms with Crippen molar-refractivity contribution in [2.75, 3.05) is 18.0 Å². The van der Waals surface area contributed by atoms with Gasteiger partial charge in [-0.2, -0.15) is 4.98 Å². The lowest BCUT2D eigenvalue weighted by Crippen LogP contribution is -2.31. The van der Waals surface area contributed by atoms with E-state index in [9.17, 15) is 0 Å². The molecule has 5 nitrogen and oxygen atoms in total. The van der Waals surface area contributed by atoms with Crippen LogP contribution < -0.4 is 4.90 Å². The molecule has 0 N–H and O–H groups in total. The summed E-state index contributed by atoms with van der Waals surface area (Å²) in [4.78, 5) is 15.8. The number of nitrogens with zero attached hydrogens (tertiary/aromatic N) is 5. The summed E-state index contributed by atoms with van der Waals surface area (Å²) < 4.78 is 2.10. The second-order valence-corrected chi connectivity index (χ2v) is 5.17. The SMILES string of the molecule is CC(C)n1cnc2cnc(N3CCCCC3)nc21. The van der Waals surface area contributed by atoms with E-state index in [0.29, 0.717) is 6.04 Å². The molecule has 1 fully saturated rings. The Morgan fingerprint density at radius 2 is 1.89 bits per heavy atom. The Morgan fingerprint density at radius 3 is 2.61 bits per heavy atom. The number of hydrogen-bond donors (Lipinski definition) is 0. The minimum absolute atomic E-state index is 0.374. The molecule has 0 atom stereocenters. The highest BCUT2D eigenvalue weighted by molar-refractivity contribution is 5.71. The minimum Gasteiger partial charge on any atom is -0.341 e. The van der Waals surface area contributed by atoms with Crippen LogP contribution in [0.3, 0.4) is 0 Å². The van der Waals surface area contributed by atoms with Crippen LogP contribution in [0, 0.1) is 0 Å². The molecule has 3 rings (SSSR count). The zero-order valence-electron chi connectivity index (χ0n) is 11.0. The summed E-state index contributed by atoms with van der Waals surface area (Å²) in [6.07, 6.45) is 7.49. The third-order valence-corrected chi connectivity index (χ3v) is 3.50. The molecule has 1 aliphatic rings. The Hall–Kier alpha value is -1.65. The molecule has 1 saturated heterocycles. The maximum atomic E-state index is 4.70. The number of aromatic nitrogens is 4. The fourth-order valence-corrected chi connectivity index (χ4v) is 2.44. The van der Waals surface area contributed by atoms with E-state index < -0.39 is 0 Å². The van der Waals surface area contributed by atoms with Crippen LogP contribution in [0.4, 0.5) is 5.95 Å². The van der Waals surface area contributed by atoms with Crippen LogP contribution in [0.25, 0.3) is 11.2 Å². The standard InChI is InChI=1S/C13H19N5/c1-10(2)18-9-15-11-8-14-13(16-12(11)18)17-6-4-3-5-7-17/h8-10H,3-7H2,1-2H3. The van der Waals surface area contributed by atoms with Crippen LogP contribution in [0.5, 0.6) is 0 Å². The van der Waals surface area contributed by atoms with Gasteiger partial charge in [-0.1, -0.05) is 0 Å². The molecular weight excluding hydrogens is 226 g/mol. The van der Waals surface area contributed by atoms with Crippen molar-refractivity contribution in [1.29, 1.82) is 0 Å². The number of imidazole rings is 1. The van der Waals surface area contributed by atoms with Gasteiger partial charge in [0.15, 0.2) is 5.65 Å². The first-order chi connectivity index (χ1) is 8.75. The van der Waals surface area contributed by atoms with E-state index >= 15 is 0 Å². The molecule has 1 aliphatic heterocycles. The van der Waals surface area contributed by atoms with Crippen LogP contribution in [0.15, 0.2) is 12.5 Å². The molecule has 0 aliphatic carbocycles. The van der Waals surface area contributed by atoms with Crippen molar-refractivity contribution in [2.24, 2.45) is 0 Å². The predicted octanol–water partition coefficient (Wildman–Crippen LogP) is 2.40. The van der Waals surface area contributed by atoms with Gasteiger partial charge in [0.1, 0.15) is 5.52 Å². The molecule has 0 bridgehead atoms. The third kappa shape index (κ3) is 1.94. The van der Waals surface area contributed by atoms with Gasteiger partial charge >= 0.3 is 0 Å². The number of anilines is 1. The van der Waals surface area contributed by atoms with E-state index in [1.807, 2.05) is 12.5 Å². The molecule has 0 amide bonds. The van der Waals surface area contributed by atoms with Crippen LogP contribution in [0.1, 0.15) is 39.2 Å². The first kappa shape index (κ1) is 11.4. The normalized spacial score (nSPS) is 16.7. The smallest absolute Gasteiger partial charge is 0.227 e. The molecule has 2 aromatic rings. The summed E-state index contributed by atoms with van der Waals surface area (Å²) >= 11 is 0. The molecule has 3 heterocycles. The van der Waals surface area contributed by atoms with Crippen molar-refractivity contribution in [2.45, 2.75) is 39.2 Å². The third-order valence-electron chi connectivity index (χ3n) is 3.50. The topological polar surface area (TPSA) is 46.8 Å². The quantitative estimate of drug-likeness (QED) is 0.815. The van der Waals surface area contributed by atoms with Crippen molar-refractivity contribution in [3.05, 3.63) is 12.5 Å². The Bertz CT molecular complexity index is 539. The van der Waals surface area contributed by atoms with Gasteiger partial charge in [-0.3, -0.25) is 0 Å². The number of fused-ring (bicyclic) bond motifs is 1. The summed E-state index contributed by atoms with van der Waals surface area (Å²) in [6.45, 7) is 6.43. The van der Waals surface area contributed by atoms with Crippen molar-refractivity contribution in [3.63, 3.8) is 0 Å². The van der Waals surface area contributed by atoms with Crippen LogP contribution in [-0.2, 0) is 0 Å². The van der Waals surface area contributed by atoms with Gasteiger partial charge in [0, 0.05) is 19.1 Å². The largest absolute Gasteiger partial charge is 0.341 e. The second kappa shape index (κ2) is 4.55. The summed E-state index contributed by atoms with van der Waals surface area (Å²) in [5.41, 5.74) is 1.82. The van der Waals surface area contributed by atoms with Gasteiger partial charge in [0.2, 0.25) is 5.95 Å².